The molecule has 0 bridgehead atoms. The quantitative estimate of drug-likeness (QED) is 0.398. The van der Waals surface area contributed by atoms with Gasteiger partial charge in [0.1, 0.15) is 5.57 Å². The number of fused-ring (bicyclic) bond motifs is 3. The van der Waals surface area contributed by atoms with Crippen molar-refractivity contribution in [2.45, 2.75) is 13.8 Å². The van der Waals surface area contributed by atoms with E-state index in [-0.39, 0.29) is 22.5 Å². The molecule has 0 spiro atoms. The number of nitrogens with zero attached hydrogens (tertiary/aromatic N) is 2. The molecule has 1 saturated heterocycles. The Kier molecular flexibility index (Phi) is 3.96. The number of thiocarbonyl (C=S) groups is 1. The minimum absolute atomic E-state index is 0.208. The molecule has 0 N–H and O–H groups in total. The number of hydrogen-bond acceptors (Lipinski definition) is 3. The van der Waals surface area contributed by atoms with Gasteiger partial charge in [0.2, 0.25) is 0 Å². The molecular weight excluding hydrogens is 344 g/mol. The Morgan fingerprint density at radius 2 is 1.08 bits per heavy atom. The van der Waals surface area contributed by atoms with Gasteiger partial charge in [-0.2, -0.15) is 0 Å². The first-order valence-corrected chi connectivity index (χ1v) is 9.12. The largest absolute Gasteiger partial charge is 0.285 e. The van der Waals surface area contributed by atoms with Crippen molar-refractivity contribution < 1.29 is 9.59 Å². The van der Waals surface area contributed by atoms with Gasteiger partial charge in [0.15, 0.2) is 5.11 Å². The van der Waals surface area contributed by atoms with Crippen LogP contribution in [-0.2, 0) is 9.59 Å². The Morgan fingerprint density at radius 1 is 0.692 bits per heavy atom. The highest BCUT2D eigenvalue weighted by Gasteiger charge is 2.42. The summed E-state index contributed by atoms with van der Waals surface area (Å²) in [4.78, 5) is 29.4. The van der Waals surface area contributed by atoms with E-state index in [1.165, 1.54) is 9.80 Å². The monoisotopic (exact) mass is 362 g/mol. The first-order valence-electron chi connectivity index (χ1n) is 8.71. The normalized spacial score (nSPS) is 16.3. The maximum absolute atomic E-state index is 13.2. The van der Waals surface area contributed by atoms with Gasteiger partial charge < -0.3 is 0 Å². The number of amides is 2. The van der Waals surface area contributed by atoms with Crippen molar-refractivity contribution >= 4 is 34.7 Å². The molecule has 1 fully saturated rings. The molecule has 130 valence electrons. The minimum atomic E-state index is -0.311. The third-order valence-electron chi connectivity index (χ3n) is 4.95. The number of rotatable bonds is 2. The summed E-state index contributed by atoms with van der Waals surface area (Å²) >= 11 is 5.37. The molecule has 5 heteroatoms. The highest BCUT2D eigenvalue weighted by molar-refractivity contribution is 7.80. The van der Waals surface area contributed by atoms with Crippen molar-refractivity contribution in [3.63, 3.8) is 0 Å². The number of benzene rings is 2. The molecule has 0 atom stereocenters. The van der Waals surface area contributed by atoms with Crippen LogP contribution in [0.4, 0.5) is 0 Å². The van der Waals surface area contributed by atoms with Crippen molar-refractivity contribution in [2.75, 3.05) is 13.1 Å². The minimum Gasteiger partial charge on any atom is -0.285 e. The zero-order chi connectivity index (χ0) is 18.4. The Morgan fingerprint density at radius 3 is 1.46 bits per heavy atom. The Bertz CT molecular complexity index is 918. The molecule has 0 radical (unpaired) electrons. The standard InChI is InChI=1S/C21H18N2O2S/c1-3-22-19(24)18(20(25)23(4-2)21(22)26)17-15-11-7-5-9-13(15)14-10-6-8-12-16(14)17/h5-12H,3-4H2,1-2H3. The fourth-order valence-corrected chi connectivity index (χ4v) is 4.16. The van der Waals surface area contributed by atoms with Crippen LogP contribution in [0.25, 0.3) is 16.7 Å². The molecule has 2 aromatic rings. The van der Waals surface area contributed by atoms with Crippen LogP contribution in [-0.4, -0.2) is 39.8 Å². The van der Waals surface area contributed by atoms with E-state index < -0.39 is 0 Å². The Balaban J connectivity index is 2.05. The summed E-state index contributed by atoms with van der Waals surface area (Å²) in [6, 6.07) is 15.8. The highest BCUT2D eigenvalue weighted by Crippen LogP contribution is 2.46. The summed E-state index contributed by atoms with van der Waals surface area (Å²) in [5, 5.41) is 0.286. The zero-order valence-corrected chi connectivity index (χ0v) is 15.5. The van der Waals surface area contributed by atoms with Gasteiger partial charge in [0.25, 0.3) is 11.8 Å². The number of carbonyl (C=O) groups is 2. The van der Waals surface area contributed by atoms with E-state index in [9.17, 15) is 9.59 Å². The third-order valence-corrected chi connectivity index (χ3v) is 5.39. The lowest BCUT2D eigenvalue weighted by Gasteiger charge is -2.36. The highest BCUT2D eigenvalue weighted by atomic mass is 32.1. The van der Waals surface area contributed by atoms with Gasteiger partial charge >= 0.3 is 0 Å². The van der Waals surface area contributed by atoms with Gasteiger partial charge in [-0.15, -0.1) is 0 Å². The van der Waals surface area contributed by atoms with E-state index in [1.54, 1.807) is 0 Å². The topological polar surface area (TPSA) is 40.6 Å². The van der Waals surface area contributed by atoms with Gasteiger partial charge in [-0.1, -0.05) is 48.5 Å². The Labute approximate surface area is 157 Å². The summed E-state index contributed by atoms with van der Waals surface area (Å²) in [6.45, 7) is 4.60. The zero-order valence-electron chi connectivity index (χ0n) is 14.7. The molecule has 2 aromatic carbocycles. The average Bonchev–Trinajstić information content (AvgIpc) is 2.98. The second-order valence-corrected chi connectivity index (χ2v) is 6.59. The Hall–Kier alpha value is -2.79. The molecular formula is C21H18N2O2S. The molecule has 26 heavy (non-hydrogen) atoms. The van der Waals surface area contributed by atoms with E-state index in [2.05, 4.69) is 0 Å². The van der Waals surface area contributed by atoms with Gasteiger partial charge in [0.05, 0.1) is 0 Å². The fraction of sp³-hybridized carbons (Fsp3) is 0.190. The second-order valence-electron chi connectivity index (χ2n) is 6.22. The van der Waals surface area contributed by atoms with Gasteiger partial charge in [0, 0.05) is 18.7 Å². The van der Waals surface area contributed by atoms with E-state index in [1.807, 2.05) is 62.4 Å². The van der Waals surface area contributed by atoms with Crippen molar-refractivity contribution in [1.82, 2.24) is 9.80 Å². The van der Waals surface area contributed by atoms with Crippen LogP contribution < -0.4 is 0 Å². The van der Waals surface area contributed by atoms with Crippen LogP contribution in [0.15, 0.2) is 54.1 Å². The first-order chi connectivity index (χ1) is 12.6. The predicted octanol–water partition coefficient (Wildman–Crippen LogP) is 3.46. The molecule has 1 heterocycles. The van der Waals surface area contributed by atoms with Crippen molar-refractivity contribution in [1.29, 1.82) is 0 Å². The van der Waals surface area contributed by atoms with E-state index in [0.717, 1.165) is 22.3 Å². The molecule has 0 unspecified atom stereocenters. The first kappa shape index (κ1) is 16.7. The third kappa shape index (κ3) is 2.17. The van der Waals surface area contributed by atoms with E-state index in [0.29, 0.717) is 18.7 Å². The van der Waals surface area contributed by atoms with Crippen LogP contribution in [0.1, 0.15) is 25.0 Å². The van der Waals surface area contributed by atoms with Crippen LogP contribution in [0.3, 0.4) is 0 Å². The van der Waals surface area contributed by atoms with Gasteiger partial charge in [-0.05, 0) is 48.3 Å². The summed E-state index contributed by atoms with van der Waals surface area (Å²) in [5.41, 5.74) is 4.86. The molecule has 4 rings (SSSR count). The number of likely N-dealkylation sites (N-methyl/N-ethyl adjacent to an activating group) is 2. The van der Waals surface area contributed by atoms with Crippen LogP contribution >= 0.6 is 12.2 Å². The lowest BCUT2D eigenvalue weighted by molar-refractivity contribution is -0.133. The molecule has 2 aliphatic rings. The lowest BCUT2D eigenvalue weighted by atomic mass is 9.95. The summed E-state index contributed by atoms with van der Waals surface area (Å²) in [7, 11) is 0. The predicted molar refractivity (Wildman–Crippen MR) is 105 cm³/mol. The molecule has 4 nitrogen and oxygen atoms in total. The fourth-order valence-electron chi connectivity index (χ4n) is 3.74. The maximum atomic E-state index is 13.2. The summed E-state index contributed by atoms with van der Waals surface area (Å²) in [5.74, 6) is -0.623. The van der Waals surface area contributed by atoms with Crippen LogP contribution in [0, 0.1) is 0 Å². The average molecular weight is 362 g/mol. The number of hydrogen-bond donors (Lipinski definition) is 0. The number of carbonyl (C=O) groups excluding carboxylic acids is 2. The maximum Gasteiger partial charge on any atom is 0.266 e. The van der Waals surface area contributed by atoms with E-state index >= 15 is 0 Å². The summed E-state index contributed by atoms with van der Waals surface area (Å²) in [6.07, 6.45) is 0. The molecule has 1 aliphatic heterocycles. The molecule has 0 aromatic heterocycles. The van der Waals surface area contributed by atoms with E-state index in [4.69, 9.17) is 12.2 Å². The lowest BCUT2D eigenvalue weighted by Crippen LogP contribution is -2.56. The molecule has 2 amide bonds. The van der Waals surface area contributed by atoms with Gasteiger partial charge in [-0.3, -0.25) is 19.4 Å². The van der Waals surface area contributed by atoms with Gasteiger partial charge in [-0.25, -0.2) is 0 Å². The SMILES string of the molecule is CCN1C(=O)C(=C2c3ccccc3-c3ccccc32)C(=O)N(CC)C1=S. The molecule has 0 saturated carbocycles. The van der Waals surface area contributed by atoms with Crippen molar-refractivity contribution in [3.05, 3.63) is 65.2 Å². The smallest absolute Gasteiger partial charge is 0.266 e. The summed E-state index contributed by atoms with van der Waals surface area (Å²) < 4.78 is 0. The van der Waals surface area contributed by atoms with Crippen LogP contribution in [0.2, 0.25) is 0 Å². The van der Waals surface area contributed by atoms with Crippen molar-refractivity contribution in [2.24, 2.45) is 0 Å². The second kappa shape index (κ2) is 6.18. The molecule has 1 aliphatic carbocycles. The van der Waals surface area contributed by atoms with Crippen molar-refractivity contribution in [3.8, 4) is 11.1 Å². The van der Waals surface area contributed by atoms with Crippen LogP contribution in [0.5, 0.6) is 0 Å².